The summed E-state index contributed by atoms with van der Waals surface area (Å²) in [5, 5.41) is 9.01. The number of benzene rings is 1. The molecule has 72 valence electrons. The highest BCUT2D eigenvalue weighted by Crippen LogP contribution is 2.38. The summed E-state index contributed by atoms with van der Waals surface area (Å²) in [5.74, 6) is 0.381. The van der Waals surface area contributed by atoms with E-state index < -0.39 is 0 Å². The molecule has 3 atom stereocenters. The molecule has 0 aliphatic carbocycles. The van der Waals surface area contributed by atoms with Crippen molar-refractivity contribution in [2.24, 2.45) is 0 Å². The fourth-order valence-electron chi connectivity index (χ4n) is 2.23. The quantitative estimate of drug-likeness (QED) is 0.670. The Labute approximate surface area is 84.8 Å². The van der Waals surface area contributed by atoms with Crippen molar-refractivity contribution < 1.29 is 0 Å². The van der Waals surface area contributed by atoms with Crippen molar-refractivity contribution in [2.45, 2.75) is 24.9 Å². The molecule has 1 saturated heterocycles. The van der Waals surface area contributed by atoms with Crippen LogP contribution in [0.5, 0.6) is 0 Å². The Balaban J connectivity index is 2.25. The van der Waals surface area contributed by atoms with E-state index in [9.17, 15) is 0 Å². The molecule has 0 bridgehead atoms. The van der Waals surface area contributed by atoms with E-state index in [0.29, 0.717) is 12.0 Å². The van der Waals surface area contributed by atoms with Crippen molar-refractivity contribution in [3.63, 3.8) is 0 Å². The minimum atomic E-state index is 0.0485. The first-order valence-electron chi connectivity index (χ1n) is 4.92. The van der Waals surface area contributed by atoms with Crippen LogP contribution in [0.1, 0.15) is 18.4 Å². The third kappa shape index (κ3) is 1.21. The fraction of sp³-hybridized carbons (Fsp3) is 0.417. The molecule has 1 aromatic carbocycles. The van der Waals surface area contributed by atoms with Crippen molar-refractivity contribution >= 4 is 0 Å². The van der Waals surface area contributed by atoms with Crippen LogP contribution in [-0.4, -0.2) is 24.0 Å². The summed E-state index contributed by atoms with van der Waals surface area (Å²) in [6, 6.07) is 13.2. The summed E-state index contributed by atoms with van der Waals surface area (Å²) >= 11 is 0. The van der Waals surface area contributed by atoms with Crippen molar-refractivity contribution in [1.82, 2.24) is 4.90 Å². The first kappa shape index (κ1) is 9.23. The molecule has 14 heavy (non-hydrogen) atoms. The average Bonchev–Trinajstić information content (AvgIpc) is 2.25. The monoisotopic (exact) mass is 186 g/mol. The Morgan fingerprint density at radius 2 is 1.93 bits per heavy atom. The summed E-state index contributed by atoms with van der Waals surface area (Å²) < 4.78 is 0. The lowest BCUT2D eigenvalue weighted by Gasteiger charge is -2.48. The summed E-state index contributed by atoms with van der Waals surface area (Å²) in [6.07, 6.45) is 0. The zero-order valence-corrected chi connectivity index (χ0v) is 8.51. The van der Waals surface area contributed by atoms with Crippen LogP contribution < -0.4 is 0 Å². The average molecular weight is 186 g/mol. The van der Waals surface area contributed by atoms with Crippen LogP contribution in [0, 0.1) is 11.3 Å². The largest absolute Gasteiger partial charge is 0.287 e. The van der Waals surface area contributed by atoms with Crippen molar-refractivity contribution in [2.75, 3.05) is 7.05 Å². The second-order valence-corrected chi connectivity index (χ2v) is 3.92. The second-order valence-electron chi connectivity index (χ2n) is 3.92. The number of hydrogen-bond acceptors (Lipinski definition) is 2. The number of likely N-dealkylation sites (N-methyl/N-ethyl adjacent to an activating group) is 1. The van der Waals surface area contributed by atoms with Crippen LogP contribution in [0.15, 0.2) is 30.3 Å². The number of nitrogens with zero attached hydrogens (tertiary/aromatic N) is 2. The summed E-state index contributed by atoms with van der Waals surface area (Å²) in [5.41, 5.74) is 1.28. The zero-order chi connectivity index (χ0) is 10.1. The molecule has 0 amide bonds. The molecule has 2 heteroatoms. The van der Waals surface area contributed by atoms with E-state index >= 15 is 0 Å². The van der Waals surface area contributed by atoms with Gasteiger partial charge >= 0.3 is 0 Å². The number of rotatable bonds is 1. The van der Waals surface area contributed by atoms with E-state index in [2.05, 4.69) is 30.0 Å². The first-order chi connectivity index (χ1) is 6.75. The molecule has 2 nitrogen and oxygen atoms in total. The topological polar surface area (TPSA) is 27.0 Å². The molecule has 2 rings (SSSR count). The maximum absolute atomic E-state index is 9.01. The third-order valence-corrected chi connectivity index (χ3v) is 3.26. The van der Waals surface area contributed by atoms with E-state index in [-0.39, 0.29) is 6.04 Å². The predicted octanol–water partition coefficient (Wildman–Crippen LogP) is 2.00. The molecule has 0 radical (unpaired) electrons. The second kappa shape index (κ2) is 3.43. The van der Waals surface area contributed by atoms with Crippen LogP contribution in [0.2, 0.25) is 0 Å². The minimum Gasteiger partial charge on any atom is -0.287 e. The van der Waals surface area contributed by atoms with E-state index in [0.717, 1.165) is 0 Å². The van der Waals surface area contributed by atoms with Crippen LogP contribution in [0.3, 0.4) is 0 Å². The van der Waals surface area contributed by atoms with Gasteiger partial charge < -0.3 is 0 Å². The van der Waals surface area contributed by atoms with E-state index in [4.69, 9.17) is 5.26 Å². The van der Waals surface area contributed by atoms with Gasteiger partial charge in [-0.15, -0.1) is 0 Å². The lowest BCUT2D eigenvalue weighted by atomic mass is 9.77. The molecule has 1 aliphatic rings. The standard InChI is InChI=1S/C12H14N2/c1-9-12(11(8-13)14(9)2)10-6-4-3-5-7-10/h3-7,9,11-12H,1-2H3/t9-,11-,12+/m0/s1. The first-order valence-corrected chi connectivity index (χ1v) is 4.92. The fourth-order valence-corrected chi connectivity index (χ4v) is 2.23. The van der Waals surface area contributed by atoms with Crippen LogP contribution in [0.25, 0.3) is 0 Å². The van der Waals surface area contributed by atoms with Crippen LogP contribution >= 0.6 is 0 Å². The Hall–Kier alpha value is -1.33. The molecule has 1 aliphatic heterocycles. The summed E-state index contributed by atoms with van der Waals surface area (Å²) in [4.78, 5) is 2.12. The summed E-state index contributed by atoms with van der Waals surface area (Å²) in [7, 11) is 2.01. The van der Waals surface area contributed by atoms with E-state index in [1.807, 2.05) is 25.2 Å². The van der Waals surface area contributed by atoms with Gasteiger partial charge in [-0.3, -0.25) is 4.90 Å². The number of hydrogen-bond donors (Lipinski definition) is 0. The van der Waals surface area contributed by atoms with Gasteiger partial charge in [0.05, 0.1) is 6.07 Å². The molecular formula is C12H14N2. The van der Waals surface area contributed by atoms with Gasteiger partial charge in [-0.25, -0.2) is 0 Å². The SMILES string of the molecule is C[C@H]1[C@H](c2ccccc2)[C@H](C#N)N1C. The van der Waals surface area contributed by atoms with Gasteiger partial charge in [0.1, 0.15) is 6.04 Å². The number of nitriles is 1. The van der Waals surface area contributed by atoms with Gasteiger partial charge in [0.2, 0.25) is 0 Å². The van der Waals surface area contributed by atoms with E-state index in [1.54, 1.807) is 0 Å². The molecule has 0 spiro atoms. The third-order valence-electron chi connectivity index (χ3n) is 3.26. The predicted molar refractivity (Wildman–Crippen MR) is 55.8 cm³/mol. The highest BCUT2D eigenvalue weighted by Gasteiger charge is 2.44. The maximum atomic E-state index is 9.01. The van der Waals surface area contributed by atoms with Crippen molar-refractivity contribution in [3.05, 3.63) is 35.9 Å². The highest BCUT2D eigenvalue weighted by molar-refractivity contribution is 5.30. The van der Waals surface area contributed by atoms with Gasteiger partial charge in [0.25, 0.3) is 0 Å². The minimum absolute atomic E-state index is 0.0485. The smallest absolute Gasteiger partial charge is 0.106 e. The summed E-state index contributed by atoms with van der Waals surface area (Å²) in [6.45, 7) is 2.17. The zero-order valence-electron chi connectivity index (χ0n) is 8.51. The van der Waals surface area contributed by atoms with Gasteiger partial charge in [0, 0.05) is 12.0 Å². The van der Waals surface area contributed by atoms with Gasteiger partial charge in [0.15, 0.2) is 0 Å². The maximum Gasteiger partial charge on any atom is 0.106 e. The Kier molecular flexibility index (Phi) is 2.26. The molecule has 0 unspecified atom stereocenters. The lowest BCUT2D eigenvalue weighted by Crippen LogP contribution is -2.58. The van der Waals surface area contributed by atoms with Gasteiger partial charge in [-0.2, -0.15) is 5.26 Å². The highest BCUT2D eigenvalue weighted by atomic mass is 15.2. The Morgan fingerprint density at radius 3 is 2.50 bits per heavy atom. The number of likely N-dealkylation sites (tertiary alicyclic amines) is 1. The van der Waals surface area contributed by atoms with Crippen molar-refractivity contribution in [3.8, 4) is 6.07 Å². The molecule has 1 aromatic rings. The van der Waals surface area contributed by atoms with Gasteiger partial charge in [-0.05, 0) is 19.5 Å². The Bertz CT molecular complexity index is 352. The normalized spacial score (nSPS) is 31.9. The lowest BCUT2D eigenvalue weighted by molar-refractivity contribution is 0.0587. The molecule has 1 heterocycles. The van der Waals surface area contributed by atoms with Crippen LogP contribution in [-0.2, 0) is 0 Å². The van der Waals surface area contributed by atoms with Gasteiger partial charge in [-0.1, -0.05) is 30.3 Å². The molecule has 0 aromatic heterocycles. The molecule has 1 fully saturated rings. The van der Waals surface area contributed by atoms with Crippen molar-refractivity contribution in [1.29, 1.82) is 5.26 Å². The van der Waals surface area contributed by atoms with E-state index in [1.165, 1.54) is 5.56 Å². The molecule has 0 saturated carbocycles. The van der Waals surface area contributed by atoms with Crippen LogP contribution in [0.4, 0.5) is 0 Å². The Morgan fingerprint density at radius 1 is 1.29 bits per heavy atom. The molecular weight excluding hydrogens is 172 g/mol. The molecule has 0 N–H and O–H groups in total.